The van der Waals surface area contributed by atoms with E-state index in [1.54, 1.807) is 0 Å². The van der Waals surface area contributed by atoms with E-state index in [9.17, 15) is 0 Å². The molecule has 3 rings (SSSR count). The Morgan fingerprint density at radius 2 is 1.94 bits per heavy atom. The van der Waals surface area contributed by atoms with Gasteiger partial charge in [0.25, 0.3) is 0 Å². The third-order valence-corrected chi connectivity index (χ3v) is 4.45. The summed E-state index contributed by atoms with van der Waals surface area (Å²) in [6.07, 6.45) is 0.700. The SMILES string of the molecule is C[C@H]1CN(Cc2cc3ccccc3s2)C[C@H](C)O1. The van der Waals surface area contributed by atoms with E-state index in [4.69, 9.17) is 4.74 Å². The molecule has 2 aromatic rings. The van der Waals surface area contributed by atoms with Crippen molar-refractivity contribution < 1.29 is 4.74 Å². The quantitative estimate of drug-likeness (QED) is 0.820. The van der Waals surface area contributed by atoms with Crippen LogP contribution in [0.4, 0.5) is 0 Å². The molecule has 1 saturated heterocycles. The maximum Gasteiger partial charge on any atom is 0.0678 e. The summed E-state index contributed by atoms with van der Waals surface area (Å²) in [4.78, 5) is 3.96. The maximum atomic E-state index is 5.77. The Hall–Kier alpha value is -0.900. The van der Waals surface area contributed by atoms with Gasteiger partial charge in [0.05, 0.1) is 12.2 Å². The lowest BCUT2D eigenvalue weighted by Crippen LogP contribution is -2.44. The molecule has 0 bridgehead atoms. The van der Waals surface area contributed by atoms with Crippen molar-refractivity contribution in [3.8, 4) is 0 Å². The number of hydrogen-bond acceptors (Lipinski definition) is 3. The molecule has 0 saturated carbocycles. The van der Waals surface area contributed by atoms with Gasteiger partial charge in [0.15, 0.2) is 0 Å². The molecular weight excluding hydrogens is 242 g/mol. The summed E-state index contributed by atoms with van der Waals surface area (Å²) < 4.78 is 7.17. The fourth-order valence-electron chi connectivity index (χ4n) is 2.75. The second-order valence-electron chi connectivity index (χ2n) is 5.20. The van der Waals surface area contributed by atoms with Crippen LogP contribution in [-0.4, -0.2) is 30.2 Å². The van der Waals surface area contributed by atoms with Gasteiger partial charge >= 0.3 is 0 Å². The summed E-state index contributed by atoms with van der Waals surface area (Å²) in [5.74, 6) is 0. The predicted octanol–water partition coefficient (Wildman–Crippen LogP) is 3.51. The Morgan fingerprint density at radius 1 is 1.22 bits per heavy atom. The number of hydrogen-bond donors (Lipinski definition) is 0. The molecule has 0 N–H and O–H groups in total. The molecule has 96 valence electrons. The lowest BCUT2D eigenvalue weighted by molar-refractivity contribution is -0.0702. The third kappa shape index (κ3) is 2.58. The monoisotopic (exact) mass is 261 g/mol. The summed E-state index contributed by atoms with van der Waals surface area (Å²) >= 11 is 1.91. The minimum atomic E-state index is 0.350. The lowest BCUT2D eigenvalue weighted by atomic mass is 10.2. The van der Waals surface area contributed by atoms with Gasteiger partial charge < -0.3 is 4.74 Å². The van der Waals surface area contributed by atoms with Crippen molar-refractivity contribution in [2.24, 2.45) is 0 Å². The maximum absolute atomic E-state index is 5.77. The number of fused-ring (bicyclic) bond motifs is 1. The second kappa shape index (κ2) is 5.00. The van der Waals surface area contributed by atoms with Crippen LogP contribution in [-0.2, 0) is 11.3 Å². The summed E-state index contributed by atoms with van der Waals surface area (Å²) in [5, 5.41) is 1.37. The topological polar surface area (TPSA) is 12.5 Å². The van der Waals surface area contributed by atoms with E-state index < -0.39 is 0 Å². The van der Waals surface area contributed by atoms with Gasteiger partial charge in [-0.3, -0.25) is 4.90 Å². The Morgan fingerprint density at radius 3 is 2.67 bits per heavy atom. The smallest absolute Gasteiger partial charge is 0.0678 e. The van der Waals surface area contributed by atoms with Crippen molar-refractivity contribution in [1.82, 2.24) is 4.90 Å². The zero-order chi connectivity index (χ0) is 12.5. The fraction of sp³-hybridized carbons (Fsp3) is 0.467. The molecule has 0 amide bonds. The van der Waals surface area contributed by atoms with Gasteiger partial charge in [-0.1, -0.05) is 18.2 Å². The van der Waals surface area contributed by atoms with Crippen LogP contribution in [0.25, 0.3) is 10.1 Å². The number of nitrogens with zero attached hydrogens (tertiary/aromatic N) is 1. The highest BCUT2D eigenvalue weighted by atomic mass is 32.1. The fourth-order valence-corrected chi connectivity index (χ4v) is 3.86. The molecule has 1 fully saturated rings. The van der Waals surface area contributed by atoms with Crippen LogP contribution >= 0.6 is 11.3 Å². The Kier molecular flexibility index (Phi) is 3.37. The van der Waals surface area contributed by atoms with E-state index in [1.807, 2.05) is 11.3 Å². The summed E-state index contributed by atoms with van der Waals surface area (Å²) in [6, 6.07) is 10.9. The normalized spacial score (nSPS) is 25.7. The Labute approximate surface area is 112 Å². The highest BCUT2D eigenvalue weighted by Crippen LogP contribution is 2.27. The number of benzene rings is 1. The van der Waals surface area contributed by atoms with Crippen molar-refractivity contribution in [2.45, 2.75) is 32.6 Å². The number of ether oxygens (including phenoxy) is 1. The summed E-state index contributed by atoms with van der Waals surface area (Å²) in [5.41, 5.74) is 0. The van der Waals surface area contributed by atoms with Crippen molar-refractivity contribution in [1.29, 1.82) is 0 Å². The highest BCUT2D eigenvalue weighted by molar-refractivity contribution is 7.19. The van der Waals surface area contributed by atoms with E-state index in [-0.39, 0.29) is 0 Å². The van der Waals surface area contributed by atoms with Gasteiger partial charge in [0.2, 0.25) is 0 Å². The van der Waals surface area contributed by atoms with E-state index in [2.05, 4.69) is 49.1 Å². The van der Waals surface area contributed by atoms with Gasteiger partial charge in [-0.2, -0.15) is 0 Å². The molecule has 2 heterocycles. The van der Waals surface area contributed by atoms with Crippen LogP contribution < -0.4 is 0 Å². The van der Waals surface area contributed by atoms with Gasteiger partial charge in [-0.15, -0.1) is 11.3 Å². The van der Waals surface area contributed by atoms with Crippen LogP contribution in [0.1, 0.15) is 18.7 Å². The number of rotatable bonds is 2. The molecule has 18 heavy (non-hydrogen) atoms. The summed E-state index contributed by atoms with van der Waals surface area (Å²) in [6.45, 7) is 7.45. The second-order valence-corrected chi connectivity index (χ2v) is 6.37. The van der Waals surface area contributed by atoms with Crippen molar-refractivity contribution >= 4 is 21.4 Å². The first-order valence-electron chi connectivity index (χ1n) is 6.56. The molecule has 1 aliphatic rings. The van der Waals surface area contributed by atoms with Crippen LogP contribution in [0.5, 0.6) is 0 Å². The first-order chi connectivity index (χ1) is 8.70. The zero-order valence-corrected chi connectivity index (χ0v) is 11.7. The predicted molar refractivity (Wildman–Crippen MR) is 77.1 cm³/mol. The van der Waals surface area contributed by atoms with Crippen molar-refractivity contribution in [3.05, 3.63) is 35.2 Å². The molecule has 0 radical (unpaired) electrons. The molecule has 0 spiro atoms. The zero-order valence-electron chi connectivity index (χ0n) is 10.9. The molecule has 1 aromatic heterocycles. The van der Waals surface area contributed by atoms with Gasteiger partial charge in [-0.25, -0.2) is 0 Å². The van der Waals surface area contributed by atoms with Crippen LogP contribution in [0.15, 0.2) is 30.3 Å². The van der Waals surface area contributed by atoms with E-state index >= 15 is 0 Å². The minimum Gasteiger partial charge on any atom is -0.373 e. The van der Waals surface area contributed by atoms with Crippen molar-refractivity contribution in [3.63, 3.8) is 0 Å². The third-order valence-electron chi connectivity index (χ3n) is 3.35. The van der Waals surface area contributed by atoms with Crippen LogP contribution in [0.3, 0.4) is 0 Å². The molecule has 1 aliphatic heterocycles. The molecular formula is C15H19NOS. The molecule has 0 aliphatic carbocycles. The molecule has 3 heteroatoms. The first-order valence-corrected chi connectivity index (χ1v) is 7.37. The highest BCUT2D eigenvalue weighted by Gasteiger charge is 2.22. The molecule has 0 unspecified atom stereocenters. The van der Waals surface area contributed by atoms with Crippen LogP contribution in [0.2, 0.25) is 0 Å². The lowest BCUT2D eigenvalue weighted by Gasteiger charge is -2.34. The molecule has 2 nitrogen and oxygen atoms in total. The van der Waals surface area contributed by atoms with E-state index in [1.165, 1.54) is 15.0 Å². The average Bonchev–Trinajstić information content (AvgIpc) is 2.69. The van der Waals surface area contributed by atoms with E-state index in [0.29, 0.717) is 12.2 Å². The van der Waals surface area contributed by atoms with Gasteiger partial charge in [0, 0.05) is 29.2 Å². The molecule has 2 atom stereocenters. The van der Waals surface area contributed by atoms with Crippen LogP contribution in [0, 0.1) is 0 Å². The minimum absolute atomic E-state index is 0.350. The van der Waals surface area contributed by atoms with Crippen molar-refractivity contribution in [2.75, 3.05) is 13.1 Å². The number of thiophene rings is 1. The Bertz CT molecular complexity index is 493. The number of morpholine rings is 1. The molecule has 1 aromatic carbocycles. The largest absolute Gasteiger partial charge is 0.373 e. The first kappa shape index (κ1) is 12.2. The standard InChI is InChI=1S/C15H19NOS/c1-11-8-16(9-12(2)17-11)10-14-7-13-5-3-4-6-15(13)18-14/h3-7,11-12H,8-10H2,1-2H3/t11-,12-/m0/s1. The van der Waals surface area contributed by atoms with Gasteiger partial charge in [-0.05, 0) is 31.4 Å². The average molecular weight is 261 g/mol. The summed E-state index contributed by atoms with van der Waals surface area (Å²) in [7, 11) is 0. The van der Waals surface area contributed by atoms with Gasteiger partial charge in [0.1, 0.15) is 0 Å². The van der Waals surface area contributed by atoms with E-state index in [0.717, 1.165) is 19.6 Å². The Balaban J connectivity index is 1.75.